The molecular weight excluding hydrogens is 494 g/mol. The molecule has 2 N–H and O–H groups in total. The minimum Gasteiger partial charge on any atom is -0.495 e. The fourth-order valence-corrected chi connectivity index (χ4v) is 4.68. The summed E-state index contributed by atoms with van der Waals surface area (Å²) in [5.74, 6) is -1.41. The van der Waals surface area contributed by atoms with Crippen LogP contribution in [0.3, 0.4) is 0 Å². The van der Waals surface area contributed by atoms with Crippen LogP contribution >= 0.6 is 11.6 Å². The minimum absolute atomic E-state index is 0.00450. The van der Waals surface area contributed by atoms with Gasteiger partial charge in [0.05, 0.1) is 34.5 Å². The Morgan fingerprint density at radius 1 is 1.09 bits per heavy atom. The zero-order valence-corrected chi connectivity index (χ0v) is 20.4. The quantitative estimate of drug-likeness (QED) is 0.330. The summed E-state index contributed by atoms with van der Waals surface area (Å²) in [7, 11) is -2.69. The summed E-state index contributed by atoms with van der Waals surface area (Å²) in [5.41, 5.74) is 3.99. The van der Waals surface area contributed by atoms with Crippen molar-refractivity contribution in [1.82, 2.24) is 5.43 Å². The van der Waals surface area contributed by atoms with Crippen molar-refractivity contribution in [3.8, 4) is 5.75 Å². The topological polar surface area (TPSA) is 125 Å². The number of hydrazone groups is 1. The van der Waals surface area contributed by atoms with E-state index in [0.717, 1.165) is 9.87 Å². The first-order valence-corrected chi connectivity index (χ1v) is 12.0. The number of hydrogen-bond donors (Lipinski definition) is 2. The zero-order chi connectivity index (χ0) is 25.6. The van der Waals surface area contributed by atoms with E-state index >= 15 is 0 Å². The number of sulfonamides is 1. The molecule has 0 fully saturated rings. The highest BCUT2D eigenvalue weighted by Gasteiger charge is 2.27. The second-order valence-electron chi connectivity index (χ2n) is 7.36. The number of anilines is 1. The van der Waals surface area contributed by atoms with E-state index in [9.17, 15) is 18.0 Å². The van der Waals surface area contributed by atoms with Crippen LogP contribution in [-0.2, 0) is 14.8 Å². The average Bonchev–Trinajstić information content (AvgIpc) is 2.83. The highest BCUT2D eigenvalue weighted by molar-refractivity contribution is 7.92. The fourth-order valence-electron chi connectivity index (χ4n) is 3.02. The lowest BCUT2D eigenvalue weighted by molar-refractivity contribution is -0.119. The molecular formula is C24H22ClN3O6S. The third-order valence-electron chi connectivity index (χ3n) is 4.88. The van der Waals surface area contributed by atoms with Gasteiger partial charge in [0, 0.05) is 0 Å². The first-order chi connectivity index (χ1) is 16.6. The Kier molecular flexibility index (Phi) is 8.10. The molecule has 3 rings (SSSR count). The molecule has 0 aromatic heterocycles. The number of benzene rings is 3. The molecule has 35 heavy (non-hydrogen) atoms. The number of nitrogens with zero attached hydrogens (tertiary/aromatic N) is 2. The van der Waals surface area contributed by atoms with Gasteiger partial charge in [0.2, 0.25) is 0 Å². The lowest BCUT2D eigenvalue weighted by Gasteiger charge is -2.24. The summed E-state index contributed by atoms with van der Waals surface area (Å²) >= 11 is 6.20. The number of carboxylic acids is 1. The summed E-state index contributed by atoms with van der Waals surface area (Å²) in [6.45, 7) is 1.26. The number of rotatable bonds is 9. The van der Waals surface area contributed by atoms with Crippen LogP contribution in [0.25, 0.3) is 0 Å². The number of nitrogens with one attached hydrogen (secondary N) is 1. The van der Waals surface area contributed by atoms with Gasteiger partial charge in [-0.05, 0) is 55.0 Å². The van der Waals surface area contributed by atoms with Crippen LogP contribution in [0.4, 0.5) is 5.69 Å². The van der Waals surface area contributed by atoms with Crippen molar-refractivity contribution in [2.45, 2.75) is 11.8 Å². The van der Waals surface area contributed by atoms with E-state index in [0.29, 0.717) is 11.3 Å². The number of aromatic carboxylic acids is 1. The van der Waals surface area contributed by atoms with Crippen molar-refractivity contribution in [2.75, 3.05) is 18.0 Å². The van der Waals surface area contributed by atoms with Crippen molar-refractivity contribution in [3.05, 3.63) is 88.4 Å². The molecule has 182 valence electrons. The third-order valence-corrected chi connectivity index (χ3v) is 6.96. The molecule has 0 aliphatic rings. The van der Waals surface area contributed by atoms with Gasteiger partial charge in [-0.1, -0.05) is 41.4 Å². The molecule has 0 saturated heterocycles. The minimum atomic E-state index is -4.13. The molecule has 3 aromatic carbocycles. The molecule has 0 unspecified atom stereocenters. The largest absolute Gasteiger partial charge is 0.495 e. The maximum atomic E-state index is 13.4. The lowest BCUT2D eigenvalue weighted by atomic mass is 10.1. The zero-order valence-electron chi connectivity index (χ0n) is 18.8. The lowest BCUT2D eigenvalue weighted by Crippen LogP contribution is -2.39. The van der Waals surface area contributed by atoms with Crippen molar-refractivity contribution in [3.63, 3.8) is 0 Å². The number of hydrogen-bond acceptors (Lipinski definition) is 6. The Morgan fingerprint density at radius 2 is 1.74 bits per heavy atom. The van der Waals surface area contributed by atoms with Crippen molar-refractivity contribution in [1.29, 1.82) is 0 Å². The second-order valence-corrected chi connectivity index (χ2v) is 9.63. The Hall–Kier alpha value is -3.89. The number of methoxy groups -OCH3 is 1. The van der Waals surface area contributed by atoms with Gasteiger partial charge in [-0.15, -0.1) is 0 Å². The Balaban J connectivity index is 1.84. The van der Waals surface area contributed by atoms with Crippen LogP contribution in [0.2, 0.25) is 5.02 Å². The molecule has 11 heteroatoms. The predicted molar refractivity (Wildman–Crippen MR) is 133 cm³/mol. The molecule has 0 radical (unpaired) electrons. The van der Waals surface area contributed by atoms with E-state index < -0.39 is 28.4 Å². The molecule has 0 spiro atoms. The van der Waals surface area contributed by atoms with Crippen LogP contribution in [0, 0.1) is 6.92 Å². The third kappa shape index (κ3) is 6.37. The van der Waals surface area contributed by atoms with Gasteiger partial charge in [0.25, 0.3) is 15.9 Å². The first kappa shape index (κ1) is 25.7. The van der Waals surface area contributed by atoms with Gasteiger partial charge < -0.3 is 9.84 Å². The summed E-state index contributed by atoms with van der Waals surface area (Å²) in [6, 6.07) is 16.5. The maximum absolute atomic E-state index is 13.4. The van der Waals surface area contributed by atoms with Crippen molar-refractivity contribution in [2.24, 2.45) is 5.10 Å². The monoisotopic (exact) mass is 515 g/mol. The van der Waals surface area contributed by atoms with E-state index in [4.69, 9.17) is 21.4 Å². The van der Waals surface area contributed by atoms with E-state index in [2.05, 4.69) is 10.5 Å². The van der Waals surface area contributed by atoms with Gasteiger partial charge in [-0.2, -0.15) is 5.10 Å². The number of ether oxygens (including phenoxy) is 1. The van der Waals surface area contributed by atoms with Gasteiger partial charge in [-0.25, -0.2) is 18.6 Å². The molecule has 3 aromatic rings. The summed E-state index contributed by atoms with van der Waals surface area (Å²) in [5, 5.41) is 13.0. The summed E-state index contributed by atoms with van der Waals surface area (Å²) < 4.78 is 32.9. The molecule has 0 aliphatic heterocycles. The number of aryl methyl sites for hydroxylation is 1. The van der Waals surface area contributed by atoms with Gasteiger partial charge in [-0.3, -0.25) is 9.10 Å². The highest BCUT2D eigenvalue weighted by atomic mass is 35.5. The van der Waals surface area contributed by atoms with Gasteiger partial charge >= 0.3 is 5.97 Å². The van der Waals surface area contributed by atoms with Crippen molar-refractivity contribution >= 4 is 45.4 Å². The van der Waals surface area contributed by atoms with Crippen LogP contribution in [0.5, 0.6) is 5.75 Å². The van der Waals surface area contributed by atoms with Crippen LogP contribution < -0.4 is 14.5 Å². The highest BCUT2D eigenvalue weighted by Crippen LogP contribution is 2.31. The Morgan fingerprint density at radius 3 is 2.31 bits per heavy atom. The molecule has 9 nitrogen and oxygen atoms in total. The van der Waals surface area contributed by atoms with E-state index in [1.165, 1.54) is 67.9 Å². The molecule has 0 heterocycles. The molecule has 0 bridgehead atoms. The molecule has 0 aliphatic carbocycles. The molecule has 0 atom stereocenters. The van der Waals surface area contributed by atoms with Crippen LogP contribution in [0.15, 0.2) is 76.7 Å². The van der Waals surface area contributed by atoms with Crippen LogP contribution in [0.1, 0.15) is 21.5 Å². The SMILES string of the molecule is COc1ccc(N(CC(=O)N/N=C\c2ccc(C(=O)O)cc2)S(=O)(=O)c2ccc(C)cc2)cc1Cl. The molecule has 1 amide bonds. The van der Waals surface area contributed by atoms with Crippen molar-refractivity contribution < 1.29 is 27.9 Å². The fraction of sp³-hybridized carbons (Fsp3) is 0.125. The number of carboxylic acid groups (broad SMARTS) is 1. The second kappa shape index (κ2) is 11.0. The first-order valence-electron chi connectivity index (χ1n) is 10.2. The van der Waals surface area contributed by atoms with E-state index in [-0.39, 0.29) is 21.2 Å². The maximum Gasteiger partial charge on any atom is 0.335 e. The summed E-state index contributed by atoms with van der Waals surface area (Å²) in [4.78, 5) is 23.6. The normalized spacial score (nSPS) is 11.3. The van der Waals surface area contributed by atoms with E-state index in [1.807, 2.05) is 6.92 Å². The molecule has 0 saturated carbocycles. The number of carbonyl (C=O) groups is 2. The average molecular weight is 516 g/mol. The standard InChI is InChI=1S/C24H22ClN3O6S/c1-16-3-10-20(11-4-16)35(32,33)28(19-9-12-22(34-2)21(25)13-19)15-23(29)27-26-14-17-5-7-18(8-6-17)24(30)31/h3-14H,15H2,1-2H3,(H,27,29)(H,30,31)/b26-14-. The van der Waals surface area contributed by atoms with Crippen LogP contribution in [-0.4, -0.2) is 45.3 Å². The van der Waals surface area contributed by atoms with Gasteiger partial charge in [0.15, 0.2) is 0 Å². The number of halogens is 1. The van der Waals surface area contributed by atoms with Gasteiger partial charge in [0.1, 0.15) is 12.3 Å². The Bertz CT molecular complexity index is 1360. The summed E-state index contributed by atoms with van der Waals surface area (Å²) in [6.07, 6.45) is 1.31. The van der Waals surface area contributed by atoms with E-state index in [1.54, 1.807) is 12.1 Å². The predicted octanol–water partition coefficient (Wildman–Crippen LogP) is 3.70. The number of amides is 1. The Labute approximate surface area is 207 Å². The smallest absolute Gasteiger partial charge is 0.335 e. The number of carbonyl (C=O) groups excluding carboxylic acids is 1.